The van der Waals surface area contributed by atoms with Crippen molar-refractivity contribution in [3.05, 3.63) is 152 Å². The van der Waals surface area contributed by atoms with Crippen LogP contribution in [0.5, 0.6) is 0 Å². The van der Waals surface area contributed by atoms with Crippen molar-refractivity contribution in [3.63, 3.8) is 0 Å². The summed E-state index contributed by atoms with van der Waals surface area (Å²) in [4.78, 5) is 10.7. The molecule has 3 aromatic heterocycles. The zero-order chi connectivity index (χ0) is 30.2. The third kappa shape index (κ3) is 3.77. The van der Waals surface area contributed by atoms with E-state index in [2.05, 4.69) is 132 Å². The number of nitrogens with zero attached hydrogens (tertiary/aromatic N) is 3. The third-order valence-corrected chi connectivity index (χ3v) is 10.3. The molecule has 10 aromatic rings. The Labute approximate surface area is 268 Å². The van der Waals surface area contributed by atoms with E-state index in [1.54, 1.807) is 0 Å². The number of para-hydroxylation sites is 3. The molecule has 0 aliphatic carbocycles. The van der Waals surface area contributed by atoms with E-state index in [1.807, 2.05) is 35.6 Å². The minimum absolute atomic E-state index is 0.828. The number of rotatable bonds is 3. The molecule has 0 aliphatic rings. The molecule has 214 valence electrons. The van der Waals surface area contributed by atoms with E-state index in [-0.39, 0.29) is 0 Å². The number of hydrogen-bond acceptors (Lipinski definition) is 3. The van der Waals surface area contributed by atoms with Crippen molar-refractivity contribution in [1.82, 2.24) is 14.5 Å². The predicted octanol–water partition coefficient (Wildman–Crippen LogP) is 11.6. The minimum atomic E-state index is 0.828. The molecule has 3 nitrogen and oxygen atoms in total. The lowest BCUT2D eigenvalue weighted by atomic mass is 9.99. The van der Waals surface area contributed by atoms with Crippen molar-refractivity contribution in [2.45, 2.75) is 0 Å². The summed E-state index contributed by atoms with van der Waals surface area (Å²) >= 11 is 1.85. The van der Waals surface area contributed by atoms with Crippen LogP contribution < -0.4 is 0 Å². The van der Waals surface area contributed by atoms with Gasteiger partial charge in [-0.25, -0.2) is 9.97 Å². The first kappa shape index (κ1) is 25.5. The summed E-state index contributed by atoms with van der Waals surface area (Å²) in [6.07, 6.45) is 0. The maximum absolute atomic E-state index is 5.39. The highest BCUT2D eigenvalue weighted by Gasteiger charge is 2.22. The Balaban J connectivity index is 1.38. The number of aromatic nitrogens is 3. The molecule has 4 heteroatoms. The van der Waals surface area contributed by atoms with E-state index < -0.39 is 0 Å². The fraction of sp³-hybridized carbons (Fsp3) is 0. The molecule has 0 aliphatic heterocycles. The highest BCUT2D eigenvalue weighted by atomic mass is 32.1. The van der Waals surface area contributed by atoms with Crippen LogP contribution in [0.4, 0.5) is 0 Å². The average Bonchev–Trinajstić information content (AvgIpc) is 3.65. The molecule has 0 unspecified atom stereocenters. The van der Waals surface area contributed by atoms with Crippen LogP contribution in [0.3, 0.4) is 0 Å². The van der Waals surface area contributed by atoms with Crippen molar-refractivity contribution in [3.8, 4) is 28.2 Å². The molecule has 0 N–H and O–H groups in total. The van der Waals surface area contributed by atoms with Gasteiger partial charge in [-0.3, -0.25) is 4.57 Å². The van der Waals surface area contributed by atoms with Gasteiger partial charge in [0.25, 0.3) is 0 Å². The van der Waals surface area contributed by atoms with Crippen LogP contribution in [-0.4, -0.2) is 14.5 Å². The van der Waals surface area contributed by atoms with Gasteiger partial charge in [0.05, 0.1) is 22.1 Å². The molecule has 0 bridgehead atoms. The van der Waals surface area contributed by atoms with Crippen molar-refractivity contribution < 1.29 is 0 Å². The topological polar surface area (TPSA) is 30.7 Å². The highest BCUT2D eigenvalue weighted by Crippen LogP contribution is 2.43. The summed E-state index contributed by atoms with van der Waals surface area (Å²) in [5.41, 5.74) is 8.26. The quantitative estimate of drug-likeness (QED) is 0.201. The Hall–Kier alpha value is -5.84. The second-order valence-corrected chi connectivity index (χ2v) is 12.9. The summed E-state index contributed by atoms with van der Waals surface area (Å²) in [7, 11) is 0. The second-order valence-electron chi connectivity index (χ2n) is 11.8. The lowest BCUT2D eigenvalue weighted by Gasteiger charge is -2.15. The molecular weight excluding hydrogens is 579 g/mol. The fourth-order valence-corrected chi connectivity index (χ4v) is 8.12. The van der Waals surface area contributed by atoms with Gasteiger partial charge in [-0.2, -0.15) is 0 Å². The summed E-state index contributed by atoms with van der Waals surface area (Å²) in [6, 6.07) is 54.2. The molecule has 0 saturated heterocycles. The zero-order valence-corrected chi connectivity index (χ0v) is 25.5. The van der Waals surface area contributed by atoms with Crippen molar-refractivity contribution in [2.75, 3.05) is 0 Å². The molecule has 0 fully saturated rings. The van der Waals surface area contributed by atoms with Gasteiger partial charge in [-0.05, 0) is 58.8 Å². The molecule has 46 heavy (non-hydrogen) atoms. The highest BCUT2D eigenvalue weighted by molar-refractivity contribution is 7.25. The van der Waals surface area contributed by atoms with Crippen molar-refractivity contribution in [2.24, 2.45) is 0 Å². The molecular formula is C42H25N3S. The Morgan fingerprint density at radius 2 is 1.15 bits per heavy atom. The molecule has 3 heterocycles. The van der Waals surface area contributed by atoms with Crippen LogP contribution in [0.15, 0.2) is 152 Å². The van der Waals surface area contributed by atoms with Crippen LogP contribution >= 0.6 is 11.3 Å². The fourth-order valence-electron chi connectivity index (χ4n) is 7.03. The van der Waals surface area contributed by atoms with Gasteiger partial charge in [-0.15, -0.1) is 11.3 Å². The first-order valence-electron chi connectivity index (χ1n) is 15.5. The number of benzene rings is 7. The van der Waals surface area contributed by atoms with Gasteiger partial charge in [0.2, 0.25) is 0 Å². The van der Waals surface area contributed by atoms with Crippen LogP contribution in [0, 0.1) is 0 Å². The molecule has 0 saturated carbocycles. The summed E-state index contributed by atoms with van der Waals surface area (Å²) in [5, 5.41) is 7.41. The van der Waals surface area contributed by atoms with Crippen molar-refractivity contribution >= 4 is 75.1 Å². The lowest BCUT2D eigenvalue weighted by Crippen LogP contribution is -2.04. The van der Waals surface area contributed by atoms with Crippen molar-refractivity contribution in [1.29, 1.82) is 0 Å². The third-order valence-electron chi connectivity index (χ3n) is 9.15. The molecule has 0 amide bonds. The summed E-state index contributed by atoms with van der Waals surface area (Å²) in [5.74, 6) is 0.828. The molecule has 0 spiro atoms. The van der Waals surface area contributed by atoms with Gasteiger partial charge in [0.1, 0.15) is 5.69 Å². The van der Waals surface area contributed by atoms with Crippen LogP contribution in [0.1, 0.15) is 0 Å². The van der Waals surface area contributed by atoms with Gasteiger partial charge < -0.3 is 0 Å². The van der Waals surface area contributed by atoms with Crippen LogP contribution in [-0.2, 0) is 0 Å². The van der Waals surface area contributed by atoms with Crippen LogP contribution in [0.25, 0.3) is 92.0 Å². The number of thiophene rings is 1. The van der Waals surface area contributed by atoms with E-state index in [0.29, 0.717) is 0 Å². The van der Waals surface area contributed by atoms with Crippen LogP contribution in [0.2, 0.25) is 0 Å². The second kappa shape index (κ2) is 9.83. The lowest BCUT2D eigenvalue weighted by molar-refractivity contribution is 1.08. The smallest absolute Gasteiger partial charge is 0.165 e. The Morgan fingerprint density at radius 3 is 2.02 bits per heavy atom. The first-order valence-corrected chi connectivity index (χ1v) is 16.3. The van der Waals surface area contributed by atoms with Gasteiger partial charge in [-0.1, -0.05) is 109 Å². The van der Waals surface area contributed by atoms with Gasteiger partial charge >= 0.3 is 0 Å². The molecule has 0 atom stereocenters. The zero-order valence-electron chi connectivity index (χ0n) is 24.7. The monoisotopic (exact) mass is 603 g/mol. The predicted molar refractivity (Wildman–Crippen MR) is 195 cm³/mol. The van der Waals surface area contributed by atoms with E-state index in [0.717, 1.165) is 39.1 Å². The molecule has 0 radical (unpaired) electrons. The summed E-state index contributed by atoms with van der Waals surface area (Å²) in [6.45, 7) is 0. The largest absolute Gasteiger partial charge is 0.291 e. The van der Waals surface area contributed by atoms with E-state index in [4.69, 9.17) is 9.97 Å². The average molecular weight is 604 g/mol. The number of fused-ring (bicyclic) bond motifs is 8. The molecule has 7 aromatic carbocycles. The first-order chi connectivity index (χ1) is 22.8. The van der Waals surface area contributed by atoms with E-state index in [1.165, 1.54) is 52.8 Å². The number of hydrogen-bond donors (Lipinski definition) is 0. The minimum Gasteiger partial charge on any atom is -0.291 e. The van der Waals surface area contributed by atoms with E-state index >= 15 is 0 Å². The van der Waals surface area contributed by atoms with Gasteiger partial charge in [0.15, 0.2) is 5.82 Å². The normalized spacial score (nSPS) is 11.9. The SMILES string of the molecule is c1ccc(-c2nc3ccccc3nc2-n2c3cc4ccccc4cc3c3cccc(-c4ccc5sc6ccccc6c5c4)c32)cc1. The maximum atomic E-state index is 5.39. The maximum Gasteiger partial charge on any atom is 0.165 e. The Kier molecular flexibility index (Phi) is 5.45. The van der Waals surface area contributed by atoms with Gasteiger partial charge in [0, 0.05) is 42.1 Å². The summed E-state index contributed by atoms with van der Waals surface area (Å²) < 4.78 is 4.98. The Morgan fingerprint density at radius 1 is 0.457 bits per heavy atom. The molecule has 10 rings (SSSR count). The Bertz CT molecular complexity index is 2810. The van der Waals surface area contributed by atoms with E-state index in [9.17, 15) is 0 Å². The standard InChI is InChI=1S/C42H25N3S/c1-2-11-26(12-3-1)40-42(44-36-19-8-7-18-35(36)43-40)45-37-25-28-14-5-4-13-27(28)23-33(37)32-17-10-16-30(41(32)45)29-21-22-39-34(24-29)31-15-6-9-20-38(31)46-39/h1-25H.